The number of nitrogens with zero attached hydrogens (tertiary/aromatic N) is 1. The molecule has 0 unspecified atom stereocenters. The first-order valence-electron chi connectivity index (χ1n) is 10.3. The molecule has 0 aromatic heterocycles. The van der Waals surface area contributed by atoms with Crippen LogP contribution >= 0.6 is 0 Å². The van der Waals surface area contributed by atoms with E-state index in [9.17, 15) is 27.3 Å². The molecule has 1 heterocycles. The van der Waals surface area contributed by atoms with Gasteiger partial charge < -0.3 is 15.4 Å². The van der Waals surface area contributed by atoms with Crippen LogP contribution < -0.4 is 15.4 Å². The summed E-state index contributed by atoms with van der Waals surface area (Å²) in [6.45, 7) is 2.28. The van der Waals surface area contributed by atoms with E-state index in [1.54, 1.807) is 6.92 Å². The van der Waals surface area contributed by atoms with Crippen molar-refractivity contribution in [3.05, 3.63) is 58.7 Å². The lowest BCUT2D eigenvalue weighted by Gasteiger charge is -2.38. The van der Waals surface area contributed by atoms with Crippen molar-refractivity contribution < 1.29 is 26.7 Å². The Hall–Kier alpha value is -3.52. The maximum absolute atomic E-state index is 12.9. The maximum atomic E-state index is 12.9. The lowest BCUT2D eigenvalue weighted by Crippen LogP contribution is -2.63. The van der Waals surface area contributed by atoms with Gasteiger partial charge in [-0.15, -0.1) is 0 Å². The van der Waals surface area contributed by atoms with Gasteiger partial charge in [0.25, 0.3) is 5.91 Å². The number of carbonyl (C=O) groups is 1. The number of nitrogens with one attached hydrogen (secondary N) is 3. The van der Waals surface area contributed by atoms with Crippen molar-refractivity contribution in [3.8, 4) is 11.8 Å². The van der Waals surface area contributed by atoms with Gasteiger partial charge in [-0.3, -0.25) is 10.2 Å². The van der Waals surface area contributed by atoms with Gasteiger partial charge >= 0.3 is 6.61 Å². The molecule has 3 N–H and O–H groups in total. The SMILES string of the molecule is CC(C)Nc1cc(C(=O)NC2(C)CS(=O)(=O)C2)cc(C#N)c1C(=N)c1cccc(OC(F)F)c1. The Morgan fingerprint density at radius 1 is 1.21 bits per heavy atom. The van der Waals surface area contributed by atoms with Crippen LogP contribution in [0.5, 0.6) is 5.75 Å². The van der Waals surface area contributed by atoms with E-state index in [0.717, 1.165) is 0 Å². The smallest absolute Gasteiger partial charge is 0.387 e. The summed E-state index contributed by atoms with van der Waals surface area (Å²) in [5, 5.41) is 24.3. The van der Waals surface area contributed by atoms with E-state index >= 15 is 0 Å². The minimum absolute atomic E-state index is 0.0207. The van der Waals surface area contributed by atoms with E-state index in [2.05, 4.69) is 15.4 Å². The third-order valence-corrected chi connectivity index (χ3v) is 7.21. The molecule has 1 aliphatic heterocycles. The summed E-state index contributed by atoms with van der Waals surface area (Å²) in [5.41, 5.74) is -0.112. The zero-order valence-electron chi connectivity index (χ0n) is 18.8. The molecule has 0 radical (unpaired) electrons. The van der Waals surface area contributed by atoms with Crippen molar-refractivity contribution in [3.63, 3.8) is 0 Å². The van der Waals surface area contributed by atoms with E-state index in [1.807, 2.05) is 19.9 Å². The fraction of sp³-hybridized carbons (Fsp3) is 0.348. The normalized spacial score (nSPS) is 15.8. The van der Waals surface area contributed by atoms with Crippen LogP contribution in [0.3, 0.4) is 0 Å². The lowest BCUT2D eigenvalue weighted by atomic mass is 9.93. The molecule has 1 saturated heterocycles. The third kappa shape index (κ3) is 5.69. The third-order valence-electron chi connectivity index (χ3n) is 5.06. The molecule has 0 saturated carbocycles. The van der Waals surface area contributed by atoms with E-state index in [4.69, 9.17) is 5.41 Å². The Labute approximate surface area is 196 Å². The average molecular weight is 491 g/mol. The van der Waals surface area contributed by atoms with E-state index in [0.29, 0.717) is 5.69 Å². The van der Waals surface area contributed by atoms with Crippen LogP contribution in [0, 0.1) is 16.7 Å². The number of benzene rings is 2. The highest BCUT2D eigenvalue weighted by atomic mass is 32.2. The largest absolute Gasteiger partial charge is 0.435 e. The second-order valence-corrected chi connectivity index (χ2v) is 10.8. The van der Waals surface area contributed by atoms with Gasteiger partial charge in [0.2, 0.25) is 0 Å². The second-order valence-electron chi connectivity index (χ2n) is 8.69. The summed E-state index contributed by atoms with van der Waals surface area (Å²) in [6.07, 6.45) is 0. The number of rotatable bonds is 8. The summed E-state index contributed by atoms with van der Waals surface area (Å²) in [5.74, 6) is -1.03. The number of hydrogen-bond donors (Lipinski definition) is 3. The predicted molar refractivity (Wildman–Crippen MR) is 123 cm³/mol. The quantitative estimate of drug-likeness (QED) is 0.487. The van der Waals surface area contributed by atoms with Gasteiger partial charge in [0, 0.05) is 28.4 Å². The van der Waals surface area contributed by atoms with Gasteiger partial charge in [0.05, 0.1) is 34.4 Å². The number of sulfone groups is 1. The number of hydrogen-bond acceptors (Lipinski definition) is 7. The molecule has 0 bridgehead atoms. The molecule has 180 valence electrons. The summed E-state index contributed by atoms with van der Waals surface area (Å²) in [7, 11) is -3.18. The highest BCUT2D eigenvalue weighted by molar-refractivity contribution is 7.93. The topological polar surface area (TPSA) is 132 Å². The Bertz CT molecular complexity index is 1270. The molecule has 1 fully saturated rings. The zero-order chi connectivity index (χ0) is 25.3. The van der Waals surface area contributed by atoms with Crippen LogP contribution in [-0.2, 0) is 9.84 Å². The number of ether oxygens (including phenoxy) is 1. The minimum Gasteiger partial charge on any atom is -0.435 e. The molecule has 1 amide bonds. The van der Waals surface area contributed by atoms with Gasteiger partial charge in [0.1, 0.15) is 5.75 Å². The number of carbonyl (C=O) groups excluding carboxylic acids is 1. The Kier molecular flexibility index (Phi) is 6.93. The van der Waals surface area contributed by atoms with Crippen LogP contribution in [-0.4, -0.2) is 49.7 Å². The fourth-order valence-corrected chi connectivity index (χ4v) is 5.88. The van der Waals surface area contributed by atoms with Crippen molar-refractivity contribution in [1.29, 1.82) is 10.7 Å². The molecule has 0 atom stereocenters. The van der Waals surface area contributed by atoms with E-state index in [1.165, 1.54) is 36.4 Å². The van der Waals surface area contributed by atoms with E-state index < -0.39 is 27.9 Å². The van der Waals surface area contributed by atoms with Crippen molar-refractivity contribution in [2.75, 3.05) is 16.8 Å². The first-order valence-corrected chi connectivity index (χ1v) is 12.2. The molecule has 11 heteroatoms. The molecule has 8 nitrogen and oxygen atoms in total. The van der Waals surface area contributed by atoms with Gasteiger partial charge in [-0.05, 0) is 45.0 Å². The first-order chi connectivity index (χ1) is 15.8. The van der Waals surface area contributed by atoms with Crippen LogP contribution in [0.15, 0.2) is 36.4 Å². The summed E-state index contributed by atoms with van der Waals surface area (Å²) in [4.78, 5) is 12.9. The van der Waals surface area contributed by atoms with Crippen molar-refractivity contribution >= 4 is 27.1 Å². The van der Waals surface area contributed by atoms with Gasteiger partial charge in [-0.25, -0.2) is 8.42 Å². The van der Waals surface area contributed by atoms with Gasteiger partial charge in [-0.1, -0.05) is 12.1 Å². The van der Waals surface area contributed by atoms with Crippen LogP contribution in [0.1, 0.15) is 47.8 Å². The summed E-state index contributed by atoms with van der Waals surface area (Å²) in [6, 6.07) is 10.3. The van der Waals surface area contributed by atoms with Crippen LogP contribution in [0.25, 0.3) is 0 Å². The van der Waals surface area contributed by atoms with Crippen LogP contribution in [0.2, 0.25) is 0 Å². The highest BCUT2D eigenvalue weighted by Crippen LogP contribution is 2.29. The molecule has 0 aliphatic carbocycles. The number of amides is 1. The predicted octanol–water partition coefficient (Wildman–Crippen LogP) is 3.31. The molecule has 1 aliphatic rings. The molecule has 2 aromatic carbocycles. The van der Waals surface area contributed by atoms with Crippen molar-refractivity contribution in [2.45, 2.75) is 39.0 Å². The summed E-state index contributed by atoms with van der Waals surface area (Å²) >= 11 is 0. The minimum atomic E-state index is -3.18. The molecular weight excluding hydrogens is 466 g/mol. The Morgan fingerprint density at radius 2 is 1.88 bits per heavy atom. The molecule has 2 aromatic rings. The number of anilines is 1. The van der Waals surface area contributed by atoms with Crippen molar-refractivity contribution in [1.82, 2.24) is 5.32 Å². The Balaban J connectivity index is 2.02. The van der Waals surface area contributed by atoms with Crippen LogP contribution in [0.4, 0.5) is 14.5 Å². The lowest BCUT2D eigenvalue weighted by molar-refractivity contribution is -0.0498. The number of alkyl halides is 2. The standard InChI is InChI=1S/C23H24F2N4O4S/c1-13(2)28-18-9-15(21(30)29-23(3)11-34(31,32)12-23)7-16(10-26)19(18)20(27)14-5-4-6-17(8-14)33-22(24)25/h4-9,13,22,27-28H,11-12H2,1-3H3,(H,29,30). The highest BCUT2D eigenvalue weighted by Gasteiger charge is 2.45. The average Bonchev–Trinajstić information content (AvgIpc) is 2.70. The maximum Gasteiger partial charge on any atom is 0.387 e. The summed E-state index contributed by atoms with van der Waals surface area (Å²) < 4.78 is 52.7. The van der Waals surface area contributed by atoms with E-state index in [-0.39, 0.29) is 51.3 Å². The molecule has 0 spiro atoms. The van der Waals surface area contributed by atoms with Crippen molar-refractivity contribution in [2.24, 2.45) is 0 Å². The number of nitriles is 1. The van der Waals surface area contributed by atoms with Gasteiger partial charge in [-0.2, -0.15) is 14.0 Å². The first kappa shape index (κ1) is 25.1. The molecule has 3 rings (SSSR count). The molecular formula is C23H24F2N4O4S. The number of halogens is 2. The Morgan fingerprint density at radius 3 is 2.44 bits per heavy atom. The zero-order valence-corrected chi connectivity index (χ0v) is 19.6. The fourth-order valence-electron chi connectivity index (χ4n) is 3.87. The second kappa shape index (κ2) is 9.38. The van der Waals surface area contributed by atoms with Gasteiger partial charge in [0.15, 0.2) is 9.84 Å². The monoisotopic (exact) mass is 490 g/mol. The molecule has 34 heavy (non-hydrogen) atoms.